The molecule has 152 valence electrons. The lowest BCUT2D eigenvalue weighted by Gasteiger charge is -2.23. The minimum atomic E-state index is -0.624. The molecule has 0 fully saturated rings. The van der Waals surface area contributed by atoms with E-state index in [1.165, 1.54) is 5.56 Å². The van der Waals surface area contributed by atoms with Gasteiger partial charge in [0.15, 0.2) is 5.78 Å². The highest BCUT2D eigenvalue weighted by molar-refractivity contribution is 6.02. The second-order valence-corrected chi connectivity index (χ2v) is 8.65. The minimum Gasteiger partial charge on any atom is -0.444 e. The van der Waals surface area contributed by atoms with Crippen LogP contribution < -0.4 is 5.32 Å². The Balaban J connectivity index is 1.99. The van der Waals surface area contributed by atoms with Gasteiger partial charge in [0.1, 0.15) is 5.60 Å². The average molecular weight is 392 g/mol. The van der Waals surface area contributed by atoms with Crippen molar-refractivity contribution in [3.8, 4) is 0 Å². The summed E-state index contributed by atoms with van der Waals surface area (Å²) in [5, 5.41) is 2.77. The van der Waals surface area contributed by atoms with Gasteiger partial charge in [0.05, 0.1) is 5.70 Å². The summed E-state index contributed by atoms with van der Waals surface area (Å²) >= 11 is 0. The number of hydrogen-bond donors (Lipinski definition) is 1. The van der Waals surface area contributed by atoms with Crippen molar-refractivity contribution >= 4 is 11.9 Å². The van der Waals surface area contributed by atoms with Crippen molar-refractivity contribution in [2.45, 2.75) is 52.1 Å². The molecule has 0 saturated heterocycles. The molecule has 1 amide bonds. The quantitative estimate of drug-likeness (QED) is 0.742. The van der Waals surface area contributed by atoms with Crippen molar-refractivity contribution in [2.24, 2.45) is 5.92 Å². The van der Waals surface area contributed by atoms with Crippen LogP contribution in [0.4, 0.5) is 4.79 Å². The molecule has 1 aliphatic carbocycles. The third-order valence-electron chi connectivity index (χ3n) is 5.07. The van der Waals surface area contributed by atoms with Gasteiger partial charge in [-0.3, -0.25) is 10.1 Å². The van der Waals surface area contributed by atoms with Gasteiger partial charge in [-0.05, 0) is 50.3 Å². The molecule has 1 N–H and O–H groups in total. The second kappa shape index (κ2) is 8.64. The highest BCUT2D eigenvalue weighted by Crippen LogP contribution is 2.39. The van der Waals surface area contributed by atoms with Crippen molar-refractivity contribution in [3.05, 3.63) is 83.1 Å². The standard InChI is InChI=1S/C25H29NO3/c1-17-15-21(22(23(17)27)26-24(28)29-25(2,3)4)20(19-13-9-6-10-14-19)16-18-11-7-5-8-12-18/h5-14,17,20H,15-16H2,1-4H3,(H,26,28). The Hall–Kier alpha value is -2.88. The Morgan fingerprint density at radius 2 is 1.66 bits per heavy atom. The number of ketones is 1. The molecule has 0 aliphatic heterocycles. The van der Waals surface area contributed by atoms with E-state index >= 15 is 0 Å². The maximum absolute atomic E-state index is 12.9. The maximum atomic E-state index is 12.9. The molecule has 3 rings (SSSR count). The highest BCUT2D eigenvalue weighted by Gasteiger charge is 2.36. The van der Waals surface area contributed by atoms with Crippen LogP contribution in [0.15, 0.2) is 71.9 Å². The predicted octanol–water partition coefficient (Wildman–Crippen LogP) is 5.40. The van der Waals surface area contributed by atoms with Gasteiger partial charge in [-0.25, -0.2) is 4.79 Å². The summed E-state index contributed by atoms with van der Waals surface area (Å²) in [6, 6.07) is 20.4. The van der Waals surface area contributed by atoms with E-state index < -0.39 is 11.7 Å². The molecule has 1 aliphatic rings. The highest BCUT2D eigenvalue weighted by atomic mass is 16.6. The largest absolute Gasteiger partial charge is 0.444 e. The summed E-state index contributed by atoms with van der Waals surface area (Å²) in [6.45, 7) is 7.34. The summed E-state index contributed by atoms with van der Waals surface area (Å²) < 4.78 is 5.40. The van der Waals surface area contributed by atoms with Gasteiger partial charge >= 0.3 is 6.09 Å². The van der Waals surface area contributed by atoms with E-state index in [2.05, 4.69) is 29.6 Å². The molecule has 4 nitrogen and oxygen atoms in total. The Bertz CT molecular complexity index is 895. The van der Waals surface area contributed by atoms with Gasteiger partial charge in [-0.2, -0.15) is 0 Å². The van der Waals surface area contributed by atoms with Gasteiger partial charge in [-0.15, -0.1) is 0 Å². The predicted molar refractivity (Wildman–Crippen MR) is 115 cm³/mol. The molecule has 0 spiro atoms. The van der Waals surface area contributed by atoms with E-state index in [1.807, 2.05) is 64.1 Å². The van der Waals surface area contributed by atoms with Gasteiger partial charge in [0, 0.05) is 11.8 Å². The smallest absolute Gasteiger partial charge is 0.412 e. The van der Waals surface area contributed by atoms with Crippen molar-refractivity contribution in [1.29, 1.82) is 0 Å². The Labute approximate surface area is 173 Å². The fourth-order valence-corrected chi connectivity index (χ4v) is 3.77. The van der Waals surface area contributed by atoms with Crippen LogP contribution in [0.25, 0.3) is 0 Å². The molecule has 2 atom stereocenters. The topological polar surface area (TPSA) is 55.4 Å². The zero-order valence-electron chi connectivity index (χ0n) is 17.6. The number of carbonyl (C=O) groups is 2. The first-order valence-electron chi connectivity index (χ1n) is 10.1. The molecule has 2 unspecified atom stereocenters. The fourth-order valence-electron chi connectivity index (χ4n) is 3.77. The average Bonchev–Trinajstić information content (AvgIpc) is 2.94. The molecule has 0 heterocycles. The Morgan fingerprint density at radius 3 is 2.24 bits per heavy atom. The van der Waals surface area contributed by atoms with Gasteiger partial charge in [0.25, 0.3) is 0 Å². The van der Waals surface area contributed by atoms with Crippen molar-refractivity contribution in [3.63, 3.8) is 0 Å². The lowest BCUT2D eigenvalue weighted by Crippen LogP contribution is -2.34. The first-order chi connectivity index (χ1) is 13.7. The zero-order valence-corrected chi connectivity index (χ0v) is 17.6. The summed E-state index contributed by atoms with van der Waals surface area (Å²) in [4.78, 5) is 25.3. The molecular weight excluding hydrogens is 362 g/mol. The minimum absolute atomic E-state index is 0.0115. The number of ether oxygens (including phenoxy) is 1. The Kier molecular flexibility index (Phi) is 6.21. The normalized spacial score (nSPS) is 17.9. The van der Waals surface area contributed by atoms with Crippen molar-refractivity contribution < 1.29 is 14.3 Å². The van der Waals surface area contributed by atoms with Crippen LogP contribution >= 0.6 is 0 Å². The monoisotopic (exact) mass is 391 g/mol. The van der Waals surface area contributed by atoms with E-state index in [-0.39, 0.29) is 17.6 Å². The number of benzene rings is 2. The van der Waals surface area contributed by atoms with E-state index in [0.717, 1.165) is 17.6 Å². The van der Waals surface area contributed by atoms with Gasteiger partial charge < -0.3 is 4.74 Å². The molecule has 2 aromatic carbocycles. The van der Waals surface area contributed by atoms with Crippen LogP contribution in [0.1, 0.15) is 51.2 Å². The molecule has 0 aromatic heterocycles. The lowest BCUT2D eigenvalue weighted by atomic mass is 9.84. The SMILES string of the molecule is CC1CC(C(Cc2ccccc2)c2ccccc2)=C(NC(=O)OC(C)(C)C)C1=O. The van der Waals surface area contributed by atoms with Crippen LogP contribution in [0, 0.1) is 5.92 Å². The van der Waals surface area contributed by atoms with E-state index in [0.29, 0.717) is 12.1 Å². The number of amides is 1. The van der Waals surface area contributed by atoms with E-state index in [4.69, 9.17) is 4.74 Å². The molecular formula is C25H29NO3. The van der Waals surface area contributed by atoms with Crippen LogP contribution in [0.5, 0.6) is 0 Å². The van der Waals surface area contributed by atoms with Gasteiger partial charge in [0.2, 0.25) is 0 Å². The summed E-state index contributed by atoms with van der Waals surface area (Å²) in [7, 11) is 0. The fraction of sp³-hybridized carbons (Fsp3) is 0.360. The lowest BCUT2D eigenvalue weighted by molar-refractivity contribution is -0.118. The number of nitrogens with one attached hydrogen (secondary N) is 1. The van der Waals surface area contributed by atoms with Gasteiger partial charge in [-0.1, -0.05) is 67.6 Å². The van der Waals surface area contributed by atoms with Crippen molar-refractivity contribution in [1.82, 2.24) is 5.32 Å². The van der Waals surface area contributed by atoms with Crippen LogP contribution in [-0.4, -0.2) is 17.5 Å². The number of rotatable bonds is 5. The first-order valence-corrected chi connectivity index (χ1v) is 10.1. The maximum Gasteiger partial charge on any atom is 0.412 e. The van der Waals surface area contributed by atoms with Crippen molar-refractivity contribution in [2.75, 3.05) is 0 Å². The van der Waals surface area contributed by atoms with Crippen LogP contribution in [0.3, 0.4) is 0 Å². The van der Waals surface area contributed by atoms with Crippen LogP contribution in [0.2, 0.25) is 0 Å². The molecule has 0 saturated carbocycles. The number of allylic oxidation sites excluding steroid dienone is 2. The number of Topliss-reactive ketones (excluding diaryl/α,β-unsaturated/α-hetero) is 1. The number of hydrogen-bond acceptors (Lipinski definition) is 3. The zero-order chi connectivity index (χ0) is 21.0. The molecule has 2 aromatic rings. The third-order valence-corrected chi connectivity index (χ3v) is 5.07. The molecule has 0 bridgehead atoms. The Morgan fingerprint density at radius 1 is 1.07 bits per heavy atom. The molecule has 0 radical (unpaired) electrons. The van der Waals surface area contributed by atoms with Crippen LogP contribution in [-0.2, 0) is 16.0 Å². The molecule has 29 heavy (non-hydrogen) atoms. The summed E-state index contributed by atoms with van der Waals surface area (Å²) in [5.74, 6) is -0.172. The summed E-state index contributed by atoms with van der Waals surface area (Å²) in [6.07, 6.45) is 0.815. The number of alkyl carbamates (subject to hydrolysis) is 1. The molecule has 4 heteroatoms. The van der Waals surface area contributed by atoms with E-state index in [9.17, 15) is 9.59 Å². The van der Waals surface area contributed by atoms with E-state index in [1.54, 1.807) is 0 Å². The number of carbonyl (C=O) groups excluding carboxylic acids is 2. The third kappa shape index (κ3) is 5.35. The first kappa shape index (κ1) is 20.8. The summed E-state index contributed by atoms with van der Waals surface area (Å²) in [5.41, 5.74) is 3.08. The second-order valence-electron chi connectivity index (χ2n) is 8.65.